The molecule has 0 bridgehead atoms. The summed E-state index contributed by atoms with van der Waals surface area (Å²) < 4.78 is 10.8. The van der Waals surface area contributed by atoms with E-state index in [4.69, 9.17) is 9.15 Å². The molecule has 2 heterocycles. The second-order valence-electron chi connectivity index (χ2n) is 5.74. The van der Waals surface area contributed by atoms with Crippen LogP contribution in [0.25, 0.3) is 0 Å². The number of nitrogens with zero attached hydrogens (tertiary/aromatic N) is 1. The maximum Gasteiger partial charge on any atom is 0.258 e. The molecule has 2 amide bonds. The van der Waals surface area contributed by atoms with E-state index in [0.29, 0.717) is 17.9 Å². The minimum absolute atomic E-state index is 0.0948. The zero-order chi connectivity index (χ0) is 16.9. The third-order valence-electron chi connectivity index (χ3n) is 3.92. The van der Waals surface area contributed by atoms with E-state index < -0.39 is 0 Å². The number of benzene rings is 1. The van der Waals surface area contributed by atoms with E-state index in [9.17, 15) is 9.59 Å². The molecular formula is C18H20N2O4. The molecule has 126 valence electrons. The number of carbonyl (C=O) groups is 2. The second-order valence-corrected chi connectivity index (χ2v) is 5.74. The zero-order valence-corrected chi connectivity index (χ0v) is 13.5. The van der Waals surface area contributed by atoms with E-state index in [0.717, 1.165) is 18.7 Å². The van der Waals surface area contributed by atoms with Gasteiger partial charge in [-0.3, -0.25) is 9.59 Å². The molecule has 1 aromatic heterocycles. The minimum atomic E-state index is -0.235. The fraction of sp³-hybridized carbons (Fsp3) is 0.333. The Morgan fingerprint density at radius 2 is 2.25 bits per heavy atom. The summed E-state index contributed by atoms with van der Waals surface area (Å²) in [6, 6.07) is 10.6. The van der Waals surface area contributed by atoms with Gasteiger partial charge in [0.25, 0.3) is 5.91 Å². The Labute approximate surface area is 140 Å². The Morgan fingerprint density at radius 3 is 2.96 bits per heavy atom. The summed E-state index contributed by atoms with van der Waals surface area (Å²) in [5.41, 5.74) is 0.805. The Bertz CT molecular complexity index is 712. The lowest BCUT2D eigenvalue weighted by atomic mass is 10.2. The van der Waals surface area contributed by atoms with E-state index in [1.807, 2.05) is 25.1 Å². The Kier molecular flexibility index (Phi) is 4.84. The van der Waals surface area contributed by atoms with Crippen LogP contribution in [-0.4, -0.2) is 25.0 Å². The quantitative estimate of drug-likeness (QED) is 0.885. The number of furan rings is 1. The summed E-state index contributed by atoms with van der Waals surface area (Å²) in [5, 5.41) is 2.81. The number of ether oxygens (including phenoxy) is 1. The molecule has 0 radical (unpaired) electrons. The average Bonchev–Trinajstić information content (AvgIpc) is 3.24. The first-order valence-corrected chi connectivity index (χ1v) is 7.99. The van der Waals surface area contributed by atoms with Gasteiger partial charge in [-0.05, 0) is 37.6 Å². The molecule has 6 nitrogen and oxygen atoms in total. The number of nitrogens with one attached hydrogen (secondary N) is 1. The van der Waals surface area contributed by atoms with Gasteiger partial charge in [-0.1, -0.05) is 6.07 Å². The highest BCUT2D eigenvalue weighted by Crippen LogP contribution is 2.25. The molecule has 1 aromatic carbocycles. The highest BCUT2D eigenvalue weighted by molar-refractivity contribution is 5.95. The van der Waals surface area contributed by atoms with Gasteiger partial charge in [0.15, 0.2) is 6.61 Å². The molecule has 1 saturated heterocycles. The summed E-state index contributed by atoms with van der Waals surface area (Å²) >= 11 is 0. The van der Waals surface area contributed by atoms with Crippen molar-refractivity contribution in [2.75, 3.05) is 18.1 Å². The van der Waals surface area contributed by atoms with E-state index in [-0.39, 0.29) is 24.5 Å². The number of hydrogen-bond donors (Lipinski definition) is 1. The molecule has 6 heteroatoms. The topological polar surface area (TPSA) is 71.8 Å². The molecule has 2 aromatic rings. The van der Waals surface area contributed by atoms with Crippen LogP contribution in [0.4, 0.5) is 5.69 Å². The smallest absolute Gasteiger partial charge is 0.258 e. The SMILES string of the molecule is CC(NC(=O)COc1cccc(N2CCCC2=O)c1)c1ccco1. The van der Waals surface area contributed by atoms with Gasteiger partial charge in [0.2, 0.25) is 5.91 Å². The third-order valence-corrected chi connectivity index (χ3v) is 3.92. The standard InChI is InChI=1S/C18H20N2O4/c1-13(16-7-4-10-23-16)19-17(21)12-24-15-6-2-5-14(11-15)20-9-3-8-18(20)22/h2,4-7,10-11,13H,3,8-9,12H2,1H3,(H,19,21). The van der Waals surface area contributed by atoms with Crippen LogP contribution in [0.1, 0.15) is 31.6 Å². The van der Waals surface area contributed by atoms with Crippen molar-refractivity contribution < 1.29 is 18.7 Å². The fourth-order valence-electron chi connectivity index (χ4n) is 2.70. The predicted octanol–water partition coefficient (Wildman–Crippen LogP) is 2.66. The first-order valence-electron chi connectivity index (χ1n) is 7.99. The molecule has 1 unspecified atom stereocenters. The largest absolute Gasteiger partial charge is 0.484 e. The van der Waals surface area contributed by atoms with Crippen LogP contribution in [0.5, 0.6) is 5.75 Å². The van der Waals surface area contributed by atoms with E-state index in [1.165, 1.54) is 0 Å². The fourth-order valence-corrected chi connectivity index (χ4v) is 2.70. The Balaban J connectivity index is 1.54. The van der Waals surface area contributed by atoms with Crippen LogP contribution < -0.4 is 15.0 Å². The molecule has 1 atom stereocenters. The van der Waals surface area contributed by atoms with Crippen molar-refractivity contribution in [2.45, 2.75) is 25.8 Å². The van der Waals surface area contributed by atoms with Crippen LogP contribution in [0.2, 0.25) is 0 Å². The zero-order valence-electron chi connectivity index (χ0n) is 13.5. The molecular weight excluding hydrogens is 308 g/mol. The van der Waals surface area contributed by atoms with Gasteiger partial charge in [0, 0.05) is 24.7 Å². The molecule has 0 aliphatic carbocycles. The predicted molar refractivity (Wildman–Crippen MR) is 88.8 cm³/mol. The van der Waals surface area contributed by atoms with Gasteiger partial charge < -0.3 is 19.4 Å². The summed E-state index contributed by atoms with van der Waals surface area (Å²) in [6.07, 6.45) is 3.02. The van der Waals surface area contributed by atoms with Gasteiger partial charge in [0.05, 0.1) is 12.3 Å². The van der Waals surface area contributed by atoms with Gasteiger partial charge in [0.1, 0.15) is 11.5 Å². The molecule has 1 fully saturated rings. The molecule has 0 spiro atoms. The molecule has 1 aliphatic rings. The Morgan fingerprint density at radius 1 is 1.38 bits per heavy atom. The van der Waals surface area contributed by atoms with Crippen LogP contribution in [0.3, 0.4) is 0 Å². The average molecular weight is 328 g/mol. The van der Waals surface area contributed by atoms with Gasteiger partial charge in [-0.2, -0.15) is 0 Å². The number of rotatable bonds is 6. The second kappa shape index (κ2) is 7.21. The lowest BCUT2D eigenvalue weighted by Gasteiger charge is -2.17. The van der Waals surface area contributed by atoms with Crippen molar-refractivity contribution in [1.82, 2.24) is 5.32 Å². The van der Waals surface area contributed by atoms with Crippen molar-refractivity contribution in [2.24, 2.45) is 0 Å². The van der Waals surface area contributed by atoms with Gasteiger partial charge in [-0.15, -0.1) is 0 Å². The van der Waals surface area contributed by atoms with Crippen LogP contribution in [-0.2, 0) is 9.59 Å². The number of hydrogen-bond acceptors (Lipinski definition) is 4. The number of carbonyl (C=O) groups excluding carboxylic acids is 2. The lowest BCUT2D eigenvalue weighted by molar-refractivity contribution is -0.124. The van der Waals surface area contributed by atoms with Crippen molar-refractivity contribution in [3.8, 4) is 5.75 Å². The highest BCUT2D eigenvalue weighted by atomic mass is 16.5. The third kappa shape index (κ3) is 3.76. The maximum absolute atomic E-state index is 12.0. The molecule has 3 rings (SSSR count). The lowest BCUT2D eigenvalue weighted by Crippen LogP contribution is -2.31. The number of amides is 2. The minimum Gasteiger partial charge on any atom is -0.484 e. The normalized spacial score (nSPS) is 15.4. The molecule has 0 saturated carbocycles. The van der Waals surface area contributed by atoms with Crippen molar-refractivity contribution in [3.05, 3.63) is 48.4 Å². The summed E-state index contributed by atoms with van der Waals surface area (Å²) in [4.78, 5) is 25.5. The monoisotopic (exact) mass is 328 g/mol. The van der Waals surface area contributed by atoms with Crippen LogP contribution >= 0.6 is 0 Å². The van der Waals surface area contributed by atoms with Crippen molar-refractivity contribution in [3.63, 3.8) is 0 Å². The first-order chi connectivity index (χ1) is 11.6. The maximum atomic E-state index is 12.0. The van der Waals surface area contributed by atoms with E-state index in [2.05, 4.69) is 5.32 Å². The molecule has 1 aliphatic heterocycles. The summed E-state index contributed by atoms with van der Waals surface area (Å²) in [6.45, 7) is 2.47. The summed E-state index contributed by atoms with van der Waals surface area (Å²) in [5.74, 6) is 1.14. The number of anilines is 1. The van der Waals surface area contributed by atoms with Crippen LogP contribution in [0.15, 0.2) is 47.1 Å². The van der Waals surface area contributed by atoms with Gasteiger partial charge in [-0.25, -0.2) is 0 Å². The highest BCUT2D eigenvalue weighted by Gasteiger charge is 2.22. The molecule has 24 heavy (non-hydrogen) atoms. The van der Waals surface area contributed by atoms with E-state index in [1.54, 1.807) is 29.4 Å². The van der Waals surface area contributed by atoms with E-state index >= 15 is 0 Å². The van der Waals surface area contributed by atoms with Crippen molar-refractivity contribution >= 4 is 17.5 Å². The first kappa shape index (κ1) is 16.1. The summed E-state index contributed by atoms with van der Waals surface area (Å²) in [7, 11) is 0. The van der Waals surface area contributed by atoms with Crippen molar-refractivity contribution in [1.29, 1.82) is 0 Å². The van der Waals surface area contributed by atoms with Crippen LogP contribution in [0, 0.1) is 0 Å². The molecule has 1 N–H and O–H groups in total. The Hall–Kier alpha value is -2.76. The van der Waals surface area contributed by atoms with Gasteiger partial charge >= 0.3 is 0 Å².